The monoisotopic (exact) mass is 399 g/mol. The normalized spacial score (nSPS) is 16.5. The summed E-state index contributed by atoms with van der Waals surface area (Å²) in [5, 5.41) is 0.523. The second-order valence-corrected chi connectivity index (χ2v) is 7.48. The highest BCUT2D eigenvalue weighted by molar-refractivity contribution is 6.30. The third-order valence-electron chi connectivity index (χ3n) is 4.83. The summed E-state index contributed by atoms with van der Waals surface area (Å²) in [6.45, 7) is 3.15. The van der Waals surface area contributed by atoms with E-state index in [1.54, 1.807) is 47.4 Å². The largest absolute Gasteiger partial charge is 0.452 e. The van der Waals surface area contributed by atoms with Crippen molar-refractivity contribution < 1.29 is 19.1 Å². The van der Waals surface area contributed by atoms with Gasteiger partial charge in [-0.25, -0.2) is 4.79 Å². The number of benzene rings is 2. The molecule has 1 aliphatic heterocycles. The summed E-state index contributed by atoms with van der Waals surface area (Å²) in [4.78, 5) is 39.4. The van der Waals surface area contributed by atoms with Crippen LogP contribution in [0.1, 0.15) is 46.0 Å². The summed E-state index contributed by atoms with van der Waals surface area (Å²) < 4.78 is 5.22. The Bertz CT molecular complexity index is 878. The van der Waals surface area contributed by atoms with Gasteiger partial charge in [0, 0.05) is 29.2 Å². The molecule has 0 unspecified atom stereocenters. The summed E-state index contributed by atoms with van der Waals surface area (Å²) in [5.74, 6) is -0.746. The SMILES string of the molecule is C[C@H]1CCCN(C(=O)COC(=O)c2ccccc2C(=O)c2ccc(Cl)cc2)C1. The fraction of sp³-hybridized carbons (Fsp3) is 0.318. The lowest BCUT2D eigenvalue weighted by Gasteiger charge is -2.30. The van der Waals surface area contributed by atoms with Gasteiger partial charge in [0.25, 0.3) is 5.91 Å². The molecule has 0 N–H and O–H groups in total. The minimum absolute atomic E-state index is 0.141. The quantitative estimate of drug-likeness (QED) is 0.563. The molecule has 1 saturated heterocycles. The number of carbonyl (C=O) groups excluding carboxylic acids is 3. The number of likely N-dealkylation sites (tertiary alicyclic amines) is 1. The summed E-state index contributed by atoms with van der Waals surface area (Å²) in [7, 11) is 0. The summed E-state index contributed by atoms with van der Waals surface area (Å²) in [5.41, 5.74) is 0.791. The molecule has 0 aliphatic carbocycles. The Hall–Kier alpha value is -2.66. The van der Waals surface area contributed by atoms with E-state index >= 15 is 0 Å². The number of esters is 1. The molecule has 1 fully saturated rings. The molecule has 0 saturated carbocycles. The van der Waals surface area contributed by atoms with Gasteiger partial charge in [0.1, 0.15) is 0 Å². The molecular weight excluding hydrogens is 378 g/mol. The van der Waals surface area contributed by atoms with Crippen LogP contribution in [0.2, 0.25) is 5.02 Å². The Morgan fingerprint density at radius 3 is 2.43 bits per heavy atom. The first kappa shape index (κ1) is 20.1. The number of rotatable bonds is 5. The molecule has 146 valence electrons. The van der Waals surface area contributed by atoms with E-state index < -0.39 is 5.97 Å². The van der Waals surface area contributed by atoms with Gasteiger partial charge in [-0.05, 0) is 49.1 Å². The van der Waals surface area contributed by atoms with Gasteiger partial charge >= 0.3 is 5.97 Å². The summed E-state index contributed by atoms with van der Waals surface area (Å²) in [6, 6.07) is 12.9. The molecule has 5 nitrogen and oxygen atoms in total. The first-order chi connectivity index (χ1) is 13.5. The molecule has 1 amide bonds. The van der Waals surface area contributed by atoms with Gasteiger partial charge in [-0.15, -0.1) is 0 Å². The molecule has 6 heteroatoms. The molecule has 2 aromatic carbocycles. The highest BCUT2D eigenvalue weighted by atomic mass is 35.5. The topological polar surface area (TPSA) is 63.7 Å². The van der Waals surface area contributed by atoms with Crippen molar-refractivity contribution in [3.8, 4) is 0 Å². The van der Waals surface area contributed by atoms with Crippen LogP contribution >= 0.6 is 11.6 Å². The second kappa shape index (κ2) is 9.02. The van der Waals surface area contributed by atoms with Gasteiger partial charge in [-0.1, -0.05) is 36.7 Å². The lowest BCUT2D eigenvalue weighted by atomic mass is 9.98. The number of halogens is 1. The number of piperidine rings is 1. The van der Waals surface area contributed by atoms with Crippen LogP contribution in [-0.4, -0.2) is 42.3 Å². The van der Waals surface area contributed by atoms with Crippen LogP contribution in [0.5, 0.6) is 0 Å². The van der Waals surface area contributed by atoms with Crippen molar-refractivity contribution in [3.63, 3.8) is 0 Å². The summed E-state index contributed by atoms with van der Waals surface area (Å²) >= 11 is 5.87. The van der Waals surface area contributed by atoms with Crippen LogP contribution in [0.4, 0.5) is 0 Å². The van der Waals surface area contributed by atoms with Crippen LogP contribution in [0.3, 0.4) is 0 Å². The summed E-state index contributed by atoms with van der Waals surface area (Å²) in [6.07, 6.45) is 2.06. The minimum Gasteiger partial charge on any atom is -0.452 e. The fourth-order valence-electron chi connectivity index (χ4n) is 3.33. The minimum atomic E-state index is -0.684. The first-order valence-electron chi connectivity index (χ1n) is 9.30. The van der Waals surface area contributed by atoms with Gasteiger partial charge in [0.05, 0.1) is 5.56 Å². The van der Waals surface area contributed by atoms with E-state index in [0.717, 1.165) is 12.8 Å². The Balaban J connectivity index is 1.69. The van der Waals surface area contributed by atoms with E-state index in [1.807, 2.05) is 0 Å². The number of nitrogens with zero attached hydrogens (tertiary/aromatic N) is 1. The Morgan fingerprint density at radius 2 is 1.75 bits per heavy atom. The van der Waals surface area contributed by atoms with E-state index in [0.29, 0.717) is 29.6 Å². The molecule has 0 spiro atoms. The Kier molecular flexibility index (Phi) is 6.47. The first-order valence-corrected chi connectivity index (χ1v) is 9.67. The smallest absolute Gasteiger partial charge is 0.339 e. The number of carbonyl (C=O) groups is 3. The highest BCUT2D eigenvalue weighted by Crippen LogP contribution is 2.19. The van der Waals surface area contributed by atoms with Crippen molar-refractivity contribution in [1.29, 1.82) is 0 Å². The third-order valence-corrected chi connectivity index (χ3v) is 5.09. The highest BCUT2D eigenvalue weighted by Gasteiger charge is 2.24. The lowest BCUT2D eigenvalue weighted by molar-refractivity contribution is -0.136. The molecule has 1 atom stereocenters. The van der Waals surface area contributed by atoms with Crippen LogP contribution in [0.25, 0.3) is 0 Å². The molecular formula is C22H22ClNO4. The van der Waals surface area contributed by atoms with Gasteiger partial charge in [0.15, 0.2) is 12.4 Å². The van der Waals surface area contributed by atoms with Crippen LogP contribution in [0, 0.1) is 5.92 Å². The van der Waals surface area contributed by atoms with Crippen molar-refractivity contribution in [1.82, 2.24) is 4.90 Å². The average molecular weight is 400 g/mol. The molecule has 0 aromatic heterocycles. The van der Waals surface area contributed by atoms with Crippen molar-refractivity contribution in [2.24, 2.45) is 5.92 Å². The third kappa shape index (κ3) is 4.78. The molecule has 0 bridgehead atoms. The predicted octanol–water partition coefficient (Wildman–Crippen LogP) is 3.99. The van der Waals surface area contributed by atoms with Crippen molar-refractivity contribution in [3.05, 3.63) is 70.2 Å². The van der Waals surface area contributed by atoms with Gasteiger partial charge in [-0.3, -0.25) is 9.59 Å². The van der Waals surface area contributed by atoms with E-state index in [9.17, 15) is 14.4 Å². The fourth-order valence-corrected chi connectivity index (χ4v) is 3.45. The number of hydrogen-bond donors (Lipinski definition) is 0. The number of amides is 1. The Labute approximate surface area is 169 Å². The predicted molar refractivity (Wildman–Crippen MR) is 107 cm³/mol. The van der Waals surface area contributed by atoms with E-state index in [2.05, 4.69) is 6.92 Å². The van der Waals surface area contributed by atoms with E-state index in [4.69, 9.17) is 16.3 Å². The van der Waals surface area contributed by atoms with Crippen molar-refractivity contribution in [2.45, 2.75) is 19.8 Å². The van der Waals surface area contributed by atoms with Gasteiger partial charge < -0.3 is 9.64 Å². The van der Waals surface area contributed by atoms with Crippen molar-refractivity contribution in [2.75, 3.05) is 19.7 Å². The molecule has 28 heavy (non-hydrogen) atoms. The maximum absolute atomic E-state index is 12.8. The zero-order chi connectivity index (χ0) is 20.1. The Morgan fingerprint density at radius 1 is 1.07 bits per heavy atom. The van der Waals surface area contributed by atoms with Crippen LogP contribution in [0.15, 0.2) is 48.5 Å². The standard InChI is InChI=1S/C22H22ClNO4/c1-15-5-4-12-24(13-15)20(25)14-28-22(27)19-7-3-2-6-18(19)21(26)16-8-10-17(23)11-9-16/h2-3,6-11,15H,4-5,12-14H2,1H3/t15-/m0/s1. The average Bonchev–Trinajstić information content (AvgIpc) is 2.71. The van der Waals surface area contributed by atoms with Gasteiger partial charge in [0.2, 0.25) is 0 Å². The molecule has 1 heterocycles. The lowest BCUT2D eigenvalue weighted by Crippen LogP contribution is -2.41. The molecule has 0 radical (unpaired) electrons. The van der Waals surface area contributed by atoms with Crippen molar-refractivity contribution >= 4 is 29.3 Å². The van der Waals surface area contributed by atoms with Gasteiger partial charge in [-0.2, -0.15) is 0 Å². The van der Waals surface area contributed by atoms with Crippen LogP contribution in [-0.2, 0) is 9.53 Å². The number of ketones is 1. The van der Waals surface area contributed by atoms with E-state index in [1.165, 1.54) is 6.07 Å². The molecule has 3 rings (SSSR count). The second-order valence-electron chi connectivity index (χ2n) is 7.04. The maximum atomic E-state index is 12.8. The zero-order valence-corrected chi connectivity index (χ0v) is 16.4. The number of hydrogen-bond acceptors (Lipinski definition) is 4. The zero-order valence-electron chi connectivity index (χ0n) is 15.7. The molecule has 2 aromatic rings. The van der Waals surface area contributed by atoms with E-state index in [-0.39, 0.29) is 29.4 Å². The molecule has 1 aliphatic rings. The maximum Gasteiger partial charge on any atom is 0.339 e. The number of ether oxygens (including phenoxy) is 1. The van der Waals surface area contributed by atoms with Crippen LogP contribution < -0.4 is 0 Å².